The zero-order chi connectivity index (χ0) is 31.1. The van der Waals surface area contributed by atoms with Crippen LogP contribution in [0.3, 0.4) is 0 Å². The molecular formula is C26H34BrClFN5O5. The molecule has 2 atom stereocenters. The minimum atomic E-state index is -2.58. The van der Waals surface area contributed by atoms with E-state index in [1.165, 1.54) is 29.8 Å². The molecule has 214 valence electrons. The summed E-state index contributed by atoms with van der Waals surface area (Å²) in [5, 5.41) is 6.50. The second-order valence-electron chi connectivity index (χ2n) is 10.9. The van der Waals surface area contributed by atoms with E-state index in [0.717, 1.165) is 0 Å². The normalized spacial score (nSPS) is 14.8. The Bertz CT molecular complexity index is 1420. The molecule has 39 heavy (non-hydrogen) atoms. The Morgan fingerprint density at radius 1 is 1.28 bits per heavy atom. The van der Waals surface area contributed by atoms with Crippen LogP contribution in [0.25, 0.3) is 5.52 Å². The van der Waals surface area contributed by atoms with Crippen molar-refractivity contribution in [2.24, 2.45) is 0 Å². The number of furan rings is 1. The number of ether oxygens (including phenoxy) is 2. The number of aromatic nitrogens is 3. The topological polar surface area (TPSA) is 111 Å². The van der Waals surface area contributed by atoms with Gasteiger partial charge < -0.3 is 19.2 Å². The number of nitrogens with zero attached hydrogens (tertiary/aromatic N) is 4. The van der Waals surface area contributed by atoms with Crippen LogP contribution < -0.4 is 10.2 Å². The molecule has 13 heteroatoms. The van der Waals surface area contributed by atoms with Crippen LogP contribution in [0.2, 0.25) is 5.28 Å². The summed E-state index contributed by atoms with van der Waals surface area (Å²) >= 11 is 9.77. The molecule has 3 rings (SSSR count). The molecule has 10 nitrogen and oxygen atoms in total. The average molecular weight is 633 g/mol. The van der Waals surface area contributed by atoms with Gasteiger partial charge in [0.05, 0.1) is 21.5 Å². The fraction of sp³-hybridized carbons (Fsp3) is 0.538. The average Bonchev–Trinajstić information content (AvgIpc) is 3.40. The number of fused-ring (bicyclic) bond motifs is 1. The van der Waals surface area contributed by atoms with Crippen molar-refractivity contribution in [1.82, 2.24) is 19.9 Å². The number of nitrogens with one attached hydrogen (secondary N) is 1. The number of alkyl carbamates (subject to hydrolysis) is 1. The van der Waals surface area contributed by atoms with Gasteiger partial charge in [0.25, 0.3) is 0 Å². The van der Waals surface area contributed by atoms with Crippen molar-refractivity contribution >= 4 is 51.1 Å². The van der Waals surface area contributed by atoms with E-state index in [4.69, 9.17) is 28.2 Å². The van der Waals surface area contributed by atoms with E-state index in [2.05, 4.69) is 31.3 Å². The molecule has 3 aromatic heterocycles. The largest absolute Gasteiger partial charge is 0.467 e. The molecule has 0 fully saturated rings. The van der Waals surface area contributed by atoms with Gasteiger partial charge in [-0.05, 0) is 113 Å². The Hall–Kier alpha value is -2.86. The van der Waals surface area contributed by atoms with Gasteiger partial charge >= 0.3 is 12.2 Å². The maximum absolute atomic E-state index is 14.7. The molecule has 0 radical (unpaired) electrons. The maximum atomic E-state index is 14.7. The second kappa shape index (κ2) is 11.7. The first-order chi connectivity index (χ1) is 18.7. The number of alkyl halides is 1. The van der Waals surface area contributed by atoms with Gasteiger partial charge in [0.15, 0.2) is 5.82 Å². The molecule has 0 unspecified atom stereocenters. The molecule has 0 bridgehead atoms. The lowest BCUT2D eigenvalue weighted by Crippen LogP contribution is -2.44. The van der Waals surface area contributed by atoms with E-state index < -0.39 is 42.1 Å². The summed E-state index contributed by atoms with van der Waals surface area (Å²) in [4.78, 5) is 30.9. The van der Waals surface area contributed by atoms with Crippen LogP contribution in [0, 0.1) is 6.92 Å². The first-order valence-corrected chi connectivity index (χ1v) is 13.3. The van der Waals surface area contributed by atoms with Crippen molar-refractivity contribution < 1.29 is 30.6 Å². The molecule has 0 saturated heterocycles. The first kappa shape index (κ1) is 27.7. The highest BCUT2D eigenvalue weighted by Gasteiger charge is 2.32. The van der Waals surface area contributed by atoms with Crippen LogP contribution in [-0.4, -0.2) is 50.2 Å². The number of hydrogen-bond acceptors (Lipinski definition) is 7. The molecular weight excluding hydrogens is 597 g/mol. The lowest BCUT2D eigenvalue weighted by Gasteiger charge is -2.26. The minimum Gasteiger partial charge on any atom is -0.467 e. The zero-order valence-corrected chi connectivity index (χ0v) is 25.4. The van der Waals surface area contributed by atoms with Crippen LogP contribution in [0.4, 0.5) is 19.8 Å². The zero-order valence-electron chi connectivity index (χ0n) is 25.1. The summed E-state index contributed by atoms with van der Waals surface area (Å²) in [5.41, 5.74) is -0.586. The third-order valence-electron chi connectivity index (χ3n) is 5.26. The highest BCUT2D eigenvalue weighted by Crippen LogP contribution is 2.35. The van der Waals surface area contributed by atoms with Crippen molar-refractivity contribution in [3.05, 3.63) is 45.2 Å². The Morgan fingerprint density at radius 2 is 1.92 bits per heavy atom. The lowest BCUT2D eigenvalue weighted by molar-refractivity contribution is 0.0476. The number of hydrogen-bond donors (Lipinski definition) is 1. The SMILES string of the molecule is [2H]C([2H])(c1ccco1)N(C(=O)OC(C)(C)C)c1nc(Cl)nn2c(Br)c(C[C@@H](NC(=O)OC(C)(C)C)[C@H](C)F)c(C)c12. The molecule has 0 aliphatic heterocycles. The monoisotopic (exact) mass is 631 g/mol. The van der Waals surface area contributed by atoms with Gasteiger partial charge in [-0.25, -0.2) is 18.5 Å². The number of amides is 2. The van der Waals surface area contributed by atoms with Gasteiger partial charge in [-0.2, -0.15) is 4.98 Å². The van der Waals surface area contributed by atoms with Gasteiger partial charge in [-0.1, -0.05) is 0 Å². The fourth-order valence-electron chi connectivity index (χ4n) is 3.63. The molecule has 3 heterocycles. The third-order valence-corrected chi connectivity index (χ3v) is 6.23. The van der Waals surface area contributed by atoms with Crippen molar-refractivity contribution in [3.63, 3.8) is 0 Å². The molecule has 0 aliphatic carbocycles. The standard InChI is InChI=1S/C26H34BrClFN5O5/c1-14-17(12-18(15(2)29)30-23(35)38-25(3,4)5)20(27)34-19(14)21(31-22(28)32-34)33(13-16-10-9-11-37-16)24(36)39-26(6,7)8/h9-11,15,18H,12-13H2,1-8H3,(H,30,35)/t15-,18+/m0/s1/i13D2. The van der Waals surface area contributed by atoms with Crippen molar-refractivity contribution in [2.45, 2.75) is 91.7 Å². The van der Waals surface area contributed by atoms with Crippen molar-refractivity contribution in [1.29, 1.82) is 0 Å². The smallest absolute Gasteiger partial charge is 0.416 e. The number of rotatable bonds is 7. The van der Waals surface area contributed by atoms with E-state index in [-0.39, 0.29) is 28.8 Å². The number of aryl methyl sites for hydroxylation is 1. The molecule has 1 N–H and O–H groups in total. The highest BCUT2D eigenvalue weighted by atomic mass is 79.9. The molecule has 0 spiro atoms. The number of carbonyl (C=O) groups excluding carboxylic acids is 2. The van der Waals surface area contributed by atoms with E-state index in [9.17, 15) is 14.0 Å². The van der Waals surface area contributed by atoms with Crippen LogP contribution in [0.15, 0.2) is 27.4 Å². The quantitative estimate of drug-likeness (QED) is 0.306. The van der Waals surface area contributed by atoms with Crippen LogP contribution in [0.1, 0.15) is 68.1 Å². The van der Waals surface area contributed by atoms with Crippen molar-refractivity contribution in [2.75, 3.05) is 4.90 Å². The van der Waals surface area contributed by atoms with Gasteiger partial charge in [0.2, 0.25) is 5.28 Å². The van der Waals surface area contributed by atoms with Gasteiger partial charge in [0.1, 0.15) is 33.3 Å². The molecule has 0 saturated carbocycles. The first-order valence-electron chi connectivity index (χ1n) is 13.2. The fourth-order valence-corrected chi connectivity index (χ4v) is 4.50. The number of halogens is 3. The van der Waals surface area contributed by atoms with E-state index in [0.29, 0.717) is 20.6 Å². The number of anilines is 1. The minimum absolute atomic E-state index is 0.0126. The second-order valence-corrected chi connectivity index (χ2v) is 12.0. The predicted molar refractivity (Wildman–Crippen MR) is 149 cm³/mol. The van der Waals surface area contributed by atoms with Gasteiger partial charge in [-0.3, -0.25) is 4.90 Å². The Kier molecular flexibility index (Phi) is 8.32. The maximum Gasteiger partial charge on any atom is 0.416 e. The molecule has 2 amide bonds. The summed E-state index contributed by atoms with van der Waals surface area (Å²) in [6.45, 7) is 10.4. The summed E-state index contributed by atoms with van der Waals surface area (Å²) < 4.78 is 50.3. The predicted octanol–water partition coefficient (Wildman–Crippen LogP) is 6.78. The summed E-state index contributed by atoms with van der Waals surface area (Å²) in [6, 6.07) is 1.86. The molecule has 0 aromatic carbocycles. The number of carbonyl (C=O) groups is 2. The van der Waals surface area contributed by atoms with Gasteiger partial charge in [-0.15, -0.1) is 5.10 Å². The lowest BCUT2D eigenvalue weighted by atomic mass is 10.0. The van der Waals surface area contributed by atoms with Crippen LogP contribution >= 0.6 is 27.5 Å². The van der Waals surface area contributed by atoms with Gasteiger partial charge in [0, 0.05) is 0 Å². The molecule has 3 aromatic rings. The summed E-state index contributed by atoms with van der Waals surface area (Å²) in [7, 11) is 0. The van der Waals surface area contributed by atoms with Crippen LogP contribution in [0.5, 0.6) is 0 Å². The third kappa shape index (κ3) is 7.84. The van der Waals surface area contributed by atoms with Crippen LogP contribution in [-0.2, 0) is 22.4 Å². The van der Waals surface area contributed by atoms with Crippen molar-refractivity contribution in [3.8, 4) is 0 Å². The summed E-state index contributed by atoms with van der Waals surface area (Å²) in [6.07, 6.45) is -2.05. The Labute approximate surface area is 243 Å². The Morgan fingerprint density at radius 3 is 2.46 bits per heavy atom. The van der Waals surface area contributed by atoms with E-state index in [1.807, 2.05) is 0 Å². The molecule has 0 aliphatic rings. The highest BCUT2D eigenvalue weighted by molar-refractivity contribution is 9.10. The Balaban J connectivity index is 2.20. The van der Waals surface area contributed by atoms with E-state index >= 15 is 0 Å². The summed E-state index contributed by atoms with van der Waals surface area (Å²) in [5.74, 6) is -0.400. The van der Waals surface area contributed by atoms with E-state index in [1.54, 1.807) is 48.5 Å².